The van der Waals surface area contributed by atoms with Crippen LogP contribution in [0, 0.1) is 0 Å². The Bertz CT molecular complexity index is 1190. The molecule has 4 rings (SSSR count). The van der Waals surface area contributed by atoms with Crippen molar-refractivity contribution in [2.75, 3.05) is 20.7 Å². The molecule has 1 aliphatic carbocycles. The third kappa shape index (κ3) is 4.59. The second-order valence-electron chi connectivity index (χ2n) is 9.19. The van der Waals surface area contributed by atoms with Gasteiger partial charge in [0, 0.05) is 26.2 Å². The standard InChI is InChI=1S/C26H28F2N2O6/c1-4-35-20-12-15(8-9-19(20)36-25(27)28)18(13-21(31)29(2)3)30-14-16-6-5-7-17(22(16)23(30)32)26(10-11-26)24(33)34/h5-9,12,18,25H,4,10-11,13-14H2,1-3H3,(H,33,34). The van der Waals surface area contributed by atoms with E-state index in [2.05, 4.69) is 4.74 Å². The van der Waals surface area contributed by atoms with Crippen LogP contribution in [0.4, 0.5) is 8.78 Å². The van der Waals surface area contributed by atoms with Crippen molar-refractivity contribution in [3.8, 4) is 11.5 Å². The first-order chi connectivity index (χ1) is 17.1. The molecule has 2 aliphatic rings. The second-order valence-corrected chi connectivity index (χ2v) is 9.19. The van der Waals surface area contributed by atoms with Gasteiger partial charge in [0.15, 0.2) is 11.5 Å². The van der Waals surface area contributed by atoms with Gasteiger partial charge in [-0.3, -0.25) is 14.4 Å². The Hall–Kier alpha value is -3.69. The molecule has 10 heteroatoms. The molecular formula is C26H28F2N2O6. The molecule has 1 atom stereocenters. The maximum atomic E-state index is 13.8. The van der Waals surface area contributed by atoms with Gasteiger partial charge in [0.05, 0.1) is 24.5 Å². The van der Waals surface area contributed by atoms with E-state index in [9.17, 15) is 28.3 Å². The Kier molecular flexibility index (Phi) is 6.88. The van der Waals surface area contributed by atoms with Crippen molar-refractivity contribution in [1.29, 1.82) is 0 Å². The minimum atomic E-state index is -3.04. The van der Waals surface area contributed by atoms with Crippen LogP contribution in [-0.2, 0) is 21.5 Å². The Balaban J connectivity index is 1.75. The zero-order valence-electron chi connectivity index (χ0n) is 20.3. The summed E-state index contributed by atoms with van der Waals surface area (Å²) in [5.74, 6) is -1.64. The van der Waals surface area contributed by atoms with Gasteiger partial charge in [-0.15, -0.1) is 0 Å². The molecule has 1 N–H and O–H groups in total. The maximum absolute atomic E-state index is 13.8. The highest BCUT2D eigenvalue weighted by Crippen LogP contribution is 2.51. The Morgan fingerprint density at radius 1 is 1.17 bits per heavy atom. The summed E-state index contributed by atoms with van der Waals surface area (Å²) < 4.78 is 35.8. The number of aliphatic carboxylic acids is 1. The lowest BCUT2D eigenvalue weighted by molar-refractivity contribution is -0.140. The van der Waals surface area contributed by atoms with Gasteiger partial charge >= 0.3 is 12.6 Å². The smallest absolute Gasteiger partial charge is 0.387 e. The fourth-order valence-electron chi connectivity index (χ4n) is 4.71. The number of hydrogen-bond donors (Lipinski definition) is 1. The number of hydrogen-bond acceptors (Lipinski definition) is 5. The fourth-order valence-corrected chi connectivity index (χ4v) is 4.71. The molecule has 2 aromatic carbocycles. The van der Waals surface area contributed by atoms with E-state index >= 15 is 0 Å². The average Bonchev–Trinajstić information content (AvgIpc) is 3.57. The van der Waals surface area contributed by atoms with Crippen LogP contribution in [0.25, 0.3) is 0 Å². The van der Waals surface area contributed by atoms with Crippen molar-refractivity contribution in [2.24, 2.45) is 0 Å². The second kappa shape index (κ2) is 9.75. The van der Waals surface area contributed by atoms with E-state index in [0.29, 0.717) is 35.1 Å². The van der Waals surface area contributed by atoms with Crippen molar-refractivity contribution in [3.63, 3.8) is 0 Å². The topological polar surface area (TPSA) is 96.4 Å². The molecule has 1 heterocycles. The van der Waals surface area contributed by atoms with Crippen LogP contribution >= 0.6 is 0 Å². The first kappa shape index (κ1) is 25.4. The number of fused-ring (bicyclic) bond motifs is 1. The molecule has 0 bridgehead atoms. The van der Waals surface area contributed by atoms with Crippen LogP contribution in [0.15, 0.2) is 36.4 Å². The minimum absolute atomic E-state index is 0.0627. The number of alkyl halides is 2. The molecule has 0 spiro atoms. The molecular weight excluding hydrogens is 474 g/mol. The predicted octanol–water partition coefficient (Wildman–Crippen LogP) is 3.98. The van der Waals surface area contributed by atoms with Gasteiger partial charge in [-0.1, -0.05) is 24.3 Å². The van der Waals surface area contributed by atoms with E-state index in [0.717, 1.165) is 0 Å². The normalized spacial score (nSPS) is 16.5. The molecule has 1 saturated carbocycles. The van der Waals surface area contributed by atoms with Crippen molar-refractivity contribution in [3.05, 3.63) is 58.7 Å². The van der Waals surface area contributed by atoms with Crippen LogP contribution in [0.3, 0.4) is 0 Å². The summed E-state index contributed by atoms with van der Waals surface area (Å²) in [6.07, 6.45) is 0.850. The summed E-state index contributed by atoms with van der Waals surface area (Å²) >= 11 is 0. The van der Waals surface area contributed by atoms with E-state index in [1.165, 1.54) is 28.0 Å². The third-order valence-corrected chi connectivity index (χ3v) is 6.75. The summed E-state index contributed by atoms with van der Waals surface area (Å²) in [7, 11) is 3.21. The number of carboxylic acid groups (broad SMARTS) is 1. The number of carboxylic acids is 1. The molecule has 0 aromatic heterocycles. The van der Waals surface area contributed by atoms with Gasteiger partial charge < -0.3 is 24.4 Å². The van der Waals surface area contributed by atoms with Crippen LogP contribution in [0.2, 0.25) is 0 Å². The molecule has 1 unspecified atom stereocenters. The number of amides is 2. The zero-order valence-corrected chi connectivity index (χ0v) is 20.3. The molecule has 1 fully saturated rings. The van der Waals surface area contributed by atoms with E-state index < -0.39 is 24.0 Å². The summed E-state index contributed by atoms with van der Waals surface area (Å²) in [4.78, 5) is 41.5. The van der Waals surface area contributed by atoms with Gasteiger partial charge in [-0.25, -0.2) is 0 Å². The van der Waals surface area contributed by atoms with Crippen LogP contribution in [0.1, 0.15) is 59.3 Å². The van der Waals surface area contributed by atoms with Gasteiger partial charge in [-0.2, -0.15) is 8.78 Å². The molecule has 0 saturated heterocycles. The summed E-state index contributed by atoms with van der Waals surface area (Å²) in [6.45, 7) is -0.968. The van der Waals surface area contributed by atoms with E-state index in [1.807, 2.05) is 0 Å². The monoisotopic (exact) mass is 502 g/mol. The zero-order chi connectivity index (χ0) is 26.2. The van der Waals surface area contributed by atoms with Crippen LogP contribution < -0.4 is 9.47 Å². The third-order valence-electron chi connectivity index (χ3n) is 6.75. The lowest BCUT2D eigenvalue weighted by Crippen LogP contribution is -2.34. The van der Waals surface area contributed by atoms with Gasteiger partial charge in [0.1, 0.15) is 0 Å². The fraction of sp³-hybridized carbons (Fsp3) is 0.423. The highest BCUT2D eigenvalue weighted by molar-refractivity contribution is 6.03. The minimum Gasteiger partial charge on any atom is -0.490 e. The van der Waals surface area contributed by atoms with Gasteiger partial charge in [0.25, 0.3) is 5.91 Å². The van der Waals surface area contributed by atoms with Crippen LogP contribution in [-0.4, -0.2) is 60.0 Å². The van der Waals surface area contributed by atoms with Gasteiger partial charge in [-0.05, 0) is 48.6 Å². The Labute approximate surface area is 207 Å². The highest BCUT2D eigenvalue weighted by Gasteiger charge is 2.54. The van der Waals surface area contributed by atoms with Crippen molar-refractivity contribution in [2.45, 2.75) is 50.8 Å². The largest absolute Gasteiger partial charge is 0.490 e. The first-order valence-electron chi connectivity index (χ1n) is 11.7. The van der Waals surface area contributed by atoms with E-state index in [4.69, 9.17) is 4.74 Å². The quantitative estimate of drug-likeness (QED) is 0.528. The number of halogens is 2. The number of benzene rings is 2. The number of nitrogens with zero attached hydrogens (tertiary/aromatic N) is 2. The molecule has 8 nitrogen and oxygen atoms in total. The highest BCUT2D eigenvalue weighted by atomic mass is 19.3. The average molecular weight is 503 g/mol. The lowest BCUT2D eigenvalue weighted by Gasteiger charge is -2.29. The molecule has 36 heavy (non-hydrogen) atoms. The molecule has 1 aliphatic heterocycles. The molecule has 0 radical (unpaired) electrons. The number of ether oxygens (including phenoxy) is 2. The number of rotatable bonds is 10. The van der Waals surface area contributed by atoms with Crippen molar-refractivity contribution >= 4 is 17.8 Å². The summed E-state index contributed by atoms with van der Waals surface area (Å²) in [6, 6.07) is 8.85. The summed E-state index contributed by atoms with van der Waals surface area (Å²) in [5, 5.41) is 9.82. The number of carbonyl (C=O) groups excluding carboxylic acids is 2. The van der Waals surface area contributed by atoms with E-state index in [-0.39, 0.29) is 42.9 Å². The maximum Gasteiger partial charge on any atom is 0.387 e. The molecule has 192 valence electrons. The molecule has 2 aromatic rings. The van der Waals surface area contributed by atoms with E-state index in [1.54, 1.807) is 39.2 Å². The lowest BCUT2D eigenvalue weighted by atomic mass is 9.89. The van der Waals surface area contributed by atoms with Crippen molar-refractivity contribution < 1.29 is 37.7 Å². The SMILES string of the molecule is CCOc1cc(C(CC(=O)N(C)C)N2Cc3cccc(C4(C(=O)O)CC4)c3C2=O)ccc1OC(F)F. The van der Waals surface area contributed by atoms with Crippen LogP contribution in [0.5, 0.6) is 11.5 Å². The number of carbonyl (C=O) groups is 3. The summed E-state index contributed by atoms with van der Waals surface area (Å²) in [5.41, 5.74) is 0.991. The molecule has 2 amide bonds. The van der Waals surface area contributed by atoms with Gasteiger partial charge in [0.2, 0.25) is 5.91 Å². The van der Waals surface area contributed by atoms with Crippen molar-refractivity contribution in [1.82, 2.24) is 9.80 Å². The Morgan fingerprint density at radius 2 is 1.89 bits per heavy atom. The predicted molar refractivity (Wildman–Crippen MR) is 125 cm³/mol. The Morgan fingerprint density at radius 3 is 2.47 bits per heavy atom. The first-order valence-corrected chi connectivity index (χ1v) is 11.7.